The predicted octanol–water partition coefficient (Wildman–Crippen LogP) is -1.36. The molecule has 0 saturated carbocycles. The summed E-state index contributed by atoms with van der Waals surface area (Å²) in [6.07, 6.45) is 0.432. The maximum Gasteiger partial charge on any atom is 0.202 e. The lowest BCUT2D eigenvalue weighted by atomic mass is 10.2. The monoisotopic (exact) mass is 176 g/mol. The summed E-state index contributed by atoms with van der Waals surface area (Å²) in [5, 5.41) is 8.94. The summed E-state index contributed by atoms with van der Waals surface area (Å²) >= 11 is 3.54. The Morgan fingerprint density at radius 1 is 1.73 bits per heavy atom. The van der Waals surface area contributed by atoms with E-state index < -0.39 is 6.04 Å². The van der Waals surface area contributed by atoms with Gasteiger partial charge in [-0.2, -0.15) is 0 Å². The Morgan fingerprint density at radius 3 is 2.64 bits per heavy atom. The van der Waals surface area contributed by atoms with Gasteiger partial charge in [0.15, 0.2) is 5.96 Å². The highest BCUT2D eigenvalue weighted by Crippen LogP contribution is 1.91. The van der Waals surface area contributed by atoms with Crippen LogP contribution in [0.2, 0.25) is 0 Å². The Hall–Kier alpha value is -0.750. The Labute approximate surface area is 70.4 Å². The summed E-state index contributed by atoms with van der Waals surface area (Å²) in [5.41, 5.74) is 10.3. The second kappa shape index (κ2) is 4.97. The van der Waals surface area contributed by atoms with E-state index in [9.17, 15) is 4.79 Å². The first-order chi connectivity index (χ1) is 5.04. The molecule has 0 rings (SSSR count). The molecule has 0 aromatic heterocycles. The molecule has 64 valence electrons. The molecule has 0 unspecified atom stereocenters. The fraction of sp³-hybridized carbons (Fsp3) is 0.600. The van der Waals surface area contributed by atoms with Crippen LogP contribution >= 0.6 is 12.6 Å². The first kappa shape index (κ1) is 10.2. The number of hydrogen-bond acceptors (Lipinski definition) is 3. The minimum atomic E-state index is -0.579. The van der Waals surface area contributed by atoms with Gasteiger partial charge in [-0.1, -0.05) is 0 Å². The molecule has 0 aliphatic rings. The van der Waals surface area contributed by atoms with E-state index in [-0.39, 0.29) is 11.1 Å². The Bertz CT molecular complexity index is 161. The van der Waals surface area contributed by atoms with Gasteiger partial charge in [0.05, 0.1) is 6.04 Å². The Balaban J connectivity index is 3.39. The minimum Gasteiger partial charge on any atom is -0.370 e. The van der Waals surface area contributed by atoms with E-state index >= 15 is 0 Å². The molecule has 0 amide bonds. The topological polar surface area (TPSA) is 105 Å². The molecular formula is C5H12N4OS. The molecule has 0 aliphatic carbocycles. The molecule has 6 N–H and O–H groups in total. The fourth-order valence-electron chi connectivity index (χ4n) is 0.486. The number of thiol groups is 1. The molecule has 0 saturated heterocycles. The van der Waals surface area contributed by atoms with Crippen LogP contribution in [-0.2, 0) is 4.79 Å². The molecule has 0 fully saturated rings. The molecule has 11 heavy (non-hydrogen) atoms. The molecule has 1 atom stereocenters. The minimum absolute atomic E-state index is 0.121. The molecule has 0 aliphatic heterocycles. The first-order valence-electron chi connectivity index (χ1n) is 3.10. The third-order valence-electron chi connectivity index (χ3n) is 1.09. The number of guanidine groups is 1. The fourth-order valence-corrected chi connectivity index (χ4v) is 0.615. The van der Waals surface area contributed by atoms with Crippen molar-refractivity contribution < 1.29 is 4.79 Å². The maximum absolute atomic E-state index is 10.4. The van der Waals surface area contributed by atoms with Crippen molar-refractivity contribution in [3.05, 3.63) is 0 Å². The van der Waals surface area contributed by atoms with E-state index in [1.54, 1.807) is 0 Å². The van der Waals surface area contributed by atoms with Crippen LogP contribution < -0.4 is 16.8 Å². The lowest BCUT2D eigenvalue weighted by molar-refractivity contribution is -0.112. The summed E-state index contributed by atoms with van der Waals surface area (Å²) in [5.74, 6) is -0.121. The van der Waals surface area contributed by atoms with Crippen molar-refractivity contribution in [1.29, 1.82) is 5.41 Å². The quantitative estimate of drug-likeness (QED) is 0.207. The molecule has 0 aromatic rings. The highest BCUT2D eigenvalue weighted by Gasteiger charge is 2.07. The van der Waals surface area contributed by atoms with Gasteiger partial charge >= 0.3 is 0 Å². The normalized spacial score (nSPS) is 12.2. The first-order valence-corrected chi connectivity index (χ1v) is 3.55. The van der Waals surface area contributed by atoms with E-state index in [4.69, 9.17) is 16.9 Å². The average molecular weight is 176 g/mol. The van der Waals surface area contributed by atoms with Crippen molar-refractivity contribution in [2.45, 2.75) is 12.5 Å². The van der Waals surface area contributed by atoms with Crippen LogP contribution in [0, 0.1) is 5.41 Å². The standard InChI is InChI=1S/C5H12N4OS/c6-3(4(10)11)1-2-9-5(7)8/h3H,1-2,6H2,(H,10,11)(H4,7,8,9)/t3-/m1/s1. The van der Waals surface area contributed by atoms with Gasteiger partial charge in [0.2, 0.25) is 5.12 Å². The maximum atomic E-state index is 10.4. The van der Waals surface area contributed by atoms with Crippen LogP contribution in [0.1, 0.15) is 6.42 Å². The molecular weight excluding hydrogens is 164 g/mol. The highest BCUT2D eigenvalue weighted by atomic mass is 32.1. The summed E-state index contributed by atoms with van der Waals surface area (Å²) in [7, 11) is 0. The zero-order chi connectivity index (χ0) is 8.85. The van der Waals surface area contributed by atoms with Crippen molar-refractivity contribution in [2.24, 2.45) is 11.5 Å². The molecule has 0 heterocycles. The summed E-state index contributed by atoms with van der Waals surface area (Å²) in [6.45, 7) is 0.419. The van der Waals surface area contributed by atoms with E-state index in [2.05, 4.69) is 17.9 Å². The second-order valence-electron chi connectivity index (χ2n) is 2.07. The van der Waals surface area contributed by atoms with Crippen LogP contribution in [0.25, 0.3) is 0 Å². The predicted molar refractivity (Wildman–Crippen MR) is 46.5 cm³/mol. The van der Waals surface area contributed by atoms with Crippen LogP contribution in [0.15, 0.2) is 0 Å². The third-order valence-corrected chi connectivity index (χ3v) is 1.42. The molecule has 6 heteroatoms. The van der Waals surface area contributed by atoms with Crippen molar-refractivity contribution in [1.82, 2.24) is 5.32 Å². The number of carbonyl (C=O) groups is 1. The SMILES string of the molecule is N=C(N)NCC[C@@H](N)C(=O)S. The molecule has 5 nitrogen and oxygen atoms in total. The second-order valence-corrected chi connectivity index (χ2v) is 2.51. The lowest BCUT2D eigenvalue weighted by Crippen LogP contribution is -2.36. The van der Waals surface area contributed by atoms with Gasteiger partial charge in [-0.05, 0) is 6.42 Å². The Morgan fingerprint density at radius 2 is 2.27 bits per heavy atom. The molecule has 0 bridgehead atoms. The smallest absolute Gasteiger partial charge is 0.202 e. The summed E-state index contributed by atoms with van der Waals surface area (Å²) in [4.78, 5) is 10.4. The zero-order valence-corrected chi connectivity index (χ0v) is 6.90. The number of nitrogens with one attached hydrogen (secondary N) is 2. The van der Waals surface area contributed by atoms with Crippen molar-refractivity contribution in [3.63, 3.8) is 0 Å². The third kappa shape index (κ3) is 5.68. The summed E-state index contributed by atoms with van der Waals surface area (Å²) in [6, 6.07) is -0.579. The largest absolute Gasteiger partial charge is 0.370 e. The lowest BCUT2D eigenvalue weighted by Gasteiger charge is -2.07. The van der Waals surface area contributed by atoms with Gasteiger partial charge in [0.25, 0.3) is 0 Å². The van der Waals surface area contributed by atoms with Crippen molar-refractivity contribution in [2.75, 3.05) is 6.54 Å². The van der Waals surface area contributed by atoms with Crippen LogP contribution in [0.5, 0.6) is 0 Å². The van der Waals surface area contributed by atoms with Gasteiger partial charge in [0, 0.05) is 6.54 Å². The number of nitrogens with two attached hydrogens (primary N) is 2. The van der Waals surface area contributed by atoms with Gasteiger partial charge in [0.1, 0.15) is 0 Å². The van der Waals surface area contributed by atoms with Crippen LogP contribution in [0.3, 0.4) is 0 Å². The van der Waals surface area contributed by atoms with Crippen LogP contribution in [0.4, 0.5) is 0 Å². The average Bonchev–Trinajstić information content (AvgIpc) is 1.86. The van der Waals surface area contributed by atoms with Gasteiger partial charge < -0.3 is 16.8 Å². The van der Waals surface area contributed by atoms with Crippen molar-refractivity contribution >= 4 is 23.7 Å². The Kier molecular flexibility index (Phi) is 4.64. The molecule has 0 aromatic carbocycles. The number of rotatable bonds is 4. The van der Waals surface area contributed by atoms with E-state index in [0.717, 1.165) is 0 Å². The number of carbonyl (C=O) groups excluding carboxylic acids is 1. The van der Waals surface area contributed by atoms with E-state index in [0.29, 0.717) is 13.0 Å². The van der Waals surface area contributed by atoms with Gasteiger partial charge in [-0.15, -0.1) is 12.6 Å². The summed E-state index contributed by atoms with van der Waals surface area (Å²) < 4.78 is 0. The van der Waals surface area contributed by atoms with Gasteiger partial charge in [-0.3, -0.25) is 10.2 Å². The zero-order valence-electron chi connectivity index (χ0n) is 6.00. The van der Waals surface area contributed by atoms with E-state index in [1.807, 2.05) is 0 Å². The van der Waals surface area contributed by atoms with Gasteiger partial charge in [-0.25, -0.2) is 0 Å². The van der Waals surface area contributed by atoms with E-state index in [1.165, 1.54) is 0 Å². The number of hydrogen-bond donors (Lipinski definition) is 5. The van der Waals surface area contributed by atoms with Crippen LogP contribution in [-0.4, -0.2) is 23.7 Å². The highest BCUT2D eigenvalue weighted by molar-refractivity contribution is 7.96. The van der Waals surface area contributed by atoms with Crippen molar-refractivity contribution in [3.8, 4) is 0 Å². The molecule has 0 spiro atoms. The molecule has 0 radical (unpaired) electrons.